The van der Waals surface area contributed by atoms with E-state index in [0.717, 1.165) is 36.5 Å². The van der Waals surface area contributed by atoms with Gasteiger partial charge in [0.05, 0.1) is 25.4 Å². The van der Waals surface area contributed by atoms with Gasteiger partial charge in [-0.05, 0) is 62.7 Å². The molecule has 5 rings (SSSR count). The highest BCUT2D eigenvalue weighted by Gasteiger charge is 2.36. The number of hydrogen-bond donors (Lipinski definition) is 1. The van der Waals surface area contributed by atoms with Crippen LogP contribution in [0.3, 0.4) is 0 Å². The Kier molecular flexibility index (Phi) is 5.47. The van der Waals surface area contributed by atoms with E-state index >= 15 is 0 Å². The van der Waals surface area contributed by atoms with Crippen molar-refractivity contribution in [2.24, 2.45) is 0 Å². The van der Waals surface area contributed by atoms with Gasteiger partial charge in [0.1, 0.15) is 10.8 Å². The van der Waals surface area contributed by atoms with E-state index in [2.05, 4.69) is 52.3 Å². The number of hydrogen-bond acceptors (Lipinski definition) is 4. The van der Waals surface area contributed by atoms with Gasteiger partial charge in [-0.3, -0.25) is 0 Å². The number of benzene rings is 1. The zero-order chi connectivity index (χ0) is 22.4. The second-order valence-electron chi connectivity index (χ2n) is 8.99. The van der Waals surface area contributed by atoms with Gasteiger partial charge in [-0.15, -0.1) is 11.3 Å². The van der Waals surface area contributed by atoms with Crippen molar-refractivity contribution in [2.75, 3.05) is 20.7 Å². The van der Waals surface area contributed by atoms with Crippen molar-refractivity contribution in [2.45, 2.75) is 45.4 Å². The molecule has 6 nitrogen and oxygen atoms in total. The molecule has 0 radical (unpaired) electrons. The van der Waals surface area contributed by atoms with Crippen molar-refractivity contribution < 1.29 is 9.53 Å². The van der Waals surface area contributed by atoms with Crippen LogP contribution in [0.1, 0.15) is 47.2 Å². The second-order valence-corrected chi connectivity index (χ2v) is 10.1. The summed E-state index contributed by atoms with van der Waals surface area (Å²) in [4.78, 5) is 19.3. The van der Waals surface area contributed by atoms with Gasteiger partial charge in [-0.2, -0.15) is 0 Å². The number of methoxy groups -OCH3 is 1. The van der Waals surface area contributed by atoms with Gasteiger partial charge in [0, 0.05) is 35.8 Å². The van der Waals surface area contributed by atoms with Crippen LogP contribution >= 0.6 is 11.3 Å². The highest BCUT2D eigenvalue weighted by Crippen LogP contribution is 2.43. The maximum absolute atomic E-state index is 13.5. The summed E-state index contributed by atoms with van der Waals surface area (Å²) in [6, 6.07) is 12.2. The third-order valence-electron chi connectivity index (χ3n) is 6.36. The molecule has 2 aliphatic heterocycles. The third-order valence-corrected chi connectivity index (χ3v) is 7.62. The average Bonchev–Trinajstić information content (AvgIpc) is 3.35. The summed E-state index contributed by atoms with van der Waals surface area (Å²) in [5.41, 5.74) is 4.92. The molecule has 2 aliphatic rings. The molecule has 4 heterocycles. The number of thiophene rings is 1. The molecule has 168 valence electrons. The van der Waals surface area contributed by atoms with E-state index in [9.17, 15) is 4.79 Å². The van der Waals surface area contributed by atoms with Gasteiger partial charge in [0.15, 0.2) is 0 Å². The van der Waals surface area contributed by atoms with Crippen molar-refractivity contribution in [3.05, 3.63) is 69.9 Å². The fraction of sp³-hybridized carbons (Fsp3) is 0.400. The Morgan fingerprint density at radius 3 is 2.66 bits per heavy atom. The van der Waals surface area contributed by atoms with Crippen LogP contribution in [0.25, 0.3) is 5.00 Å². The van der Waals surface area contributed by atoms with E-state index in [0.29, 0.717) is 6.54 Å². The van der Waals surface area contributed by atoms with E-state index < -0.39 is 0 Å². The predicted octanol–water partition coefficient (Wildman–Crippen LogP) is 4.56. The fourth-order valence-corrected chi connectivity index (χ4v) is 6.26. The monoisotopic (exact) mass is 450 g/mol. The maximum Gasteiger partial charge on any atom is 0.318 e. The lowest BCUT2D eigenvalue weighted by Gasteiger charge is -2.32. The van der Waals surface area contributed by atoms with E-state index in [4.69, 9.17) is 4.74 Å². The molecule has 0 saturated carbocycles. The molecule has 1 N–H and O–H groups in total. The van der Waals surface area contributed by atoms with Crippen LogP contribution in [-0.2, 0) is 19.5 Å². The molecule has 0 aliphatic carbocycles. The molecular formula is C25H30N4O2S. The molecule has 1 unspecified atom stereocenters. The van der Waals surface area contributed by atoms with Gasteiger partial charge >= 0.3 is 6.03 Å². The first kappa shape index (κ1) is 21.1. The van der Waals surface area contributed by atoms with E-state index in [-0.39, 0.29) is 18.1 Å². The molecule has 7 heteroatoms. The molecule has 0 spiro atoms. The molecule has 0 fully saturated rings. The summed E-state index contributed by atoms with van der Waals surface area (Å²) in [7, 11) is 3.85. The minimum atomic E-state index is -0.184. The summed E-state index contributed by atoms with van der Waals surface area (Å²) in [5, 5.41) is 4.40. The van der Waals surface area contributed by atoms with Gasteiger partial charge in [0.2, 0.25) is 0 Å². The number of aromatic nitrogens is 1. The number of nitrogens with one attached hydrogen (secondary N) is 1. The normalized spacial score (nSPS) is 18.0. The molecule has 0 bridgehead atoms. The molecule has 3 aromatic rings. The first-order valence-electron chi connectivity index (χ1n) is 11.2. The Morgan fingerprint density at radius 1 is 1.16 bits per heavy atom. The highest BCUT2D eigenvalue weighted by atomic mass is 32.1. The quantitative estimate of drug-likeness (QED) is 0.637. The summed E-state index contributed by atoms with van der Waals surface area (Å²) in [6.45, 7) is 6.64. The Morgan fingerprint density at radius 2 is 1.94 bits per heavy atom. The Balaban J connectivity index is 1.67. The van der Waals surface area contributed by atoms with Crippen molar-refractivity contribution in [3.63, 3.8) is 0 Å². The second kappa shape index (κ2) is 8.30. The van der Waals surface area contributed by atoms with Crippen LogP contribution in [-0.4, -0.2) is 47.1 Å². The standard InChI is InChI=1S/C25H30N4O2S/c1-16(2)26-25(30)29-14-20-19-11-13-27(3)15-22(19)32-24(20)28-12-5-6-21(28)23(29)17-7-9-18(31-4)10-8-17/h5-10,12,16,23H,11,13-15H2,1-4H3,(H,26,30). The smallest absolute Gasteiger partial charge is 0.318 e. The van der Waals surface area contributed by atoms with Crippen molar-refractivity contribution >= 4 is 17.4 Å². The Labute approximate surface area is 193 Å². The van der Waals surface area contributed by atoms with E-state index in [1.165, 1.54) is 21.0 Å². The maximum atomic E-state index is 13.5. The van der Waals surface area contributed by atoms with Crippen LogP contribution in [0, 0.1) is 0 Å². The Hall–Kier alpha value is -2.77. The zero-order valence-corrected chi connectivity index (χ0v) is 19.9. The summed E-state index contributed by atoms with van der Waals surface area (Å²) < 4.78 is 7.67. The molecule has 1 aromatic carbocycles. The predicted molar refractivity (Wildman–Crippen MR) is 128 cm³/mol. The largest absolute Gasteiger partial charge is 0.497 e. The number of likely N-dealkylation sites (N-methyl/N-ethyl adjacent to an activating group) is 1. The van der Waals surface area contributed by atoms with Crippen LogP contribution in [0.5, 0.6) is 5.75 Å². The molecular weight excluding hydrogens is 420 g/mol. The van der Waals surface area contributed by atoms with Gasteiger partial charge in [-0.1, -0.05) is 12.1 Å². The van der Waals surface area contributed by atoms with Gasteiger partial charge < -0.3 is 24.4 Å². The number of carbonyl (C=O) groups is 1. The van der Waals surface area contributed by atoms with Crippen molar-refractivity contribution in [1.29, 1.82) is 0 Å². The summed E-state index contributed by atoms with van der Waals surface area (Å²) >= 11 is 1.88. The van der Waals surface area contributed by atoms with Gasteiger partial charge in [0.25, 0.3) is 0 Å². The number of fused-ring (bicyclic) bond motifs is 5. The number of nitrogens with zero attached hydrogens (tertiary/aromatic N) is 3. The number of amides is 2. The van der Waals surface area contributed by atoms with Crippen LogP contribution in [0.2, 0.25) is 0 Å². The minimum Gasteiger partial charge on any atom is -0.497 e. The zero-order valence-electron chi connectivity index (χ0n) is 19.1. The van der Waals surface area contributed by atoms with E-state index in [1.54, 1.807) is 7.11 Å². The average molecular weight is 451 g/mol. The summed E-state index contributed by atoms with van der Waals surface area (Å²) in [6.07, 6.45) is 3.17. The van der Waals surface area contributed by atoms with Gasteiger partial charge in [-0.25, -0.2) is 4.79 Å². The first-order chi connectivity index (χ1) is 15.5. The summed E-state index contributed by atoms with van der Waals surface area (Å²) in [5.74, 6) is 0.813. The number of carbonyl (C=O) groups excluding carboxylic acids is 1. The Bertz CT molecular complexity index is 1130. The minimum absolute atomic E-state index is 0.0331. The lowest BCUT2D eigenvalue weighted by molar-refractivity contribution is 0.178. The van der Waals surface area contributed by atoms with Crippen LogP contribution in [0.15, 0.2) is 42.6 Å². The fourth-order valence-electron chi connectivity index (χ4n) is 4.82. The number of ether oxygens (including phenoxy) is 1. The molecule has 32 heavy (non-hydrogen) atoms. The molecule has 1 atom stereocenters. The highest BCUT2D eigenvalue weighted by molar-refractivity contribution is 7.15. The first-order valence-corrected chi connectivity index (χ1v) is 12.0. The third kappa shape index (κ3) is 3.59. The molecule has 2 aromatic heterocycles. The number of urea groups is 1. The van der Waals surface area contributed by atoms with E-state index in [1.807, 2.05) is 42.2 Å². The van der Waals surface area contributed by atoms with Crippen molar-refractivity contribution in [3.8, 4) is 10.8 Å². The lowest BCUT2D eigenvalue weighted by atomic mass is 10.00. The SMILES string of the molecule is COc1ccc(C2c3cccn3-c3sc4c(c3CN2C(=O)NC(C)C)CCN(C)C4)cc1. The topological polar surface area (TPSA) is 49.7 Å². The lowest BCUT2D eigenvalue weighted by Crippen LogP contribution is -2.44. The van der Waals surface area contributed by atoms with Crippen LogP contribution < -0.4 is 10.1 Å². The van der Waals surface area contributed by atoms with Crippen molar-refractivity contribution in [1.82, 2.24) is 19.7 Å². The number of rotatable bonds is 3. The molecule has 2 amide bonds. The molecule has 0 saturated heterocycles. The van der Waals surface area contributed by atoms with Crippen LogP contribution in [0.4, 0.5) is 4.79 Å².